The fourth-order valence-electron chi connectivity index (χ4n) is 1.79. The average molecular weight is 328 g/mol. The number of sulfonamides is 1. The van der Waals surface area contributed by atoms with Crippen LogP contribution in [0, 0.1) is 5.92 Å². The zero-order chi connectivity index (χ0) is 16.9. The molecule has 0 saturated heterocycles. The Morgan fingerprint density at radius 3 is 2.14 bits per heavy atom. The highest BCUT2D eigenvalue weighted by molar-refractivity contribution is 7.89. The van der Waals surface area contributed by atoms with E-state index in [4.69, 9.17) is 5.11 Å². The number of hydrogen-bond acceptors (Lipinski definition) is 4. The molecule has 0 spiro atoms. The first kappa shape index (κ1) is 18.1. The number of carboxylic acids is 1. The maximum Gasteiger partial charge on any atom is 0.304 e. The van der Waals surface area contributed by atoms with Crippen LogP contribution in [0.25, 0.3) is 0 Å². The number of anilines is 1. The summed E-state index contributed by atoms with van der Waals surface area (Å²) in [7, 11) is -3.82. The van der Waals surface area contributed by atoms with E-state index in [1.165, 1.54) is 31.2 Å². The molecule has 0 fully saturated rings. The maximum atomic E-state index is 12.3. The third-order valence-electron chi connectivity index (χ3n) is 2.99. The van der Waals surface area contributed by atoms with Gasteiger partial charge in [-0.3, -0.25) is 9.59 Å². The third-order valence-corrected chi connectivity index (χ3v) is 4.50. The Balaban J connectivity index is 2.93. The van der Waals surface area contributed by atoms with Gasteiger partial charge in [0.2, 0.25) is 15.9 Å². The van der Waals surface area contributed by atoms with Crippen molar-refractivity contribution in [3.8, 4) is 0 Å². The zero-order valence-corrected chi connectivity index (χ0v) is 13.5. The van der Waals surface area contributed by atoms with Crippen molar-refractivity contribution in [2.24, 2.45) is 5.92 Å². The van der Waals surface area contributed by atoms with Crippen molar-refractivity contribution in [1.29, 1.82) is 0 Å². The molecule has 0 radical (unpaired) electrons. The first-order valence-corrected chi connectivity index (χ1v) is 8.22. The van der Waals surface area contributed by atoms with Crippen LogP contribution >= 0.6 is 0 Å². The predicted molar refractivity (Wildman–Crippen MR) is 81.9 cm³/mol. The Kier molecular flexibility index (Phi) is 6.07. The molecular weight excluding hydrogens is 308 g/mol. The Morgan fingerprint density at radius 1 is 1.18 bits per heavy atom. The van der Waals surface area contributed by atoms with Crippen molar-refractivity contribution >= 4 is 27.6 Å². The van der Waals surface area contributed by atoms with Gasteiger partial charge in [0.05, 0.1) is 11.3 Å². The van der Waals surface area contributed by atoms with Gasteiger partial charge in [0.15, 0.2) is 0 Å². The fourth-order valence-corrected chi connectivity index (χ4v) is 3.17. The number of amides is 1. The molecule has 0 aliphatic carbocycles. The lowest BCUT2D eigenvalue weighted by molar-refractivity contribution is -0.137. The number of carbonyl (C=O) groups excluding carboxylic acids is 1. The Labute approximate surface area is 129 Å². The minimum absolute atomic E-state index is 0.0117. The summed E-state index contributed by atoms with van der Waals surface area (Å²) in [5, 5.41) is 11.4. The molecule has 1 aromatic rings. The standard InChI is InChI=1S/C14H20N2O5S/c1-9(2)13(8-14(18)19)16-22(20,21)12-6-4-11(5-7-12)15-10(3)17/h4-7,9,13,16H,8H2,1-3H3,(H,15,17)(H,18,19)/t13-/m1/s1. The van der Waals surface area contributed by atoms with Crippen LogP contribution < -0.4 is 10.0 Å². The van der Waals surface area contributed by atoms with Gasteiger partial charge in [0.25, 0.3) is 0 Å². The summed E-state index contributed by atoms with van der Waals surface area (Å²) >= 11 is 0. The molecular formula is C14H20N2O5S. The number of aliphatic carboxylic acids is 1. The molecule has 1 rings (SSSR count). The molecule has 22 heavy (non-hydrogen) atoms. The summed E-state index contributed by atoms with van der Waals surface area (Å²) in [6, 6.07) is 4.95. The van der Waals surface area contributed by atoms with Crippen LogP contribution in [0.1, 0.15) is 27.2 Å². The molecule has 1 aromatic carbocycles. The summed E-state index contributed by atoms with van der Waals surface area (Å²) in [5.41, 5.74) is 0.484. The number of nitrogens with one attached hydrogen (secondary N) is 2. The normalized spacial score (nSPS) is 12.9. The number of hydrogen-bond donors (Lipinski definition) is 3. The van der Waals surface area contributed by atoms with Crippen LogP contribution in [0.4, 0.5) is 5.69 Å². The molecule has 1 amide bonds. The van der Waals surface area contributed by atoms with Crippen molar-refractivity contribution in [2.45, 2.75) is 38.1 Å². The number of carboxylic acid groups (broad SMARTS) is 1. The van der Waals surface area contributed by atoms with Crippen molar-refractivity contribution in [1.82, 2.24) is 4.72 Å². The molecule has 0 heterocycles. The van der Waals surface area contributed by atoms with Crippen LogP contribution in [-0.2, 0) is 19.6 Å². The molecule has 1 atom stereocenters. The third kappa shape index (κ3) is 5.45. The smallest absolute Gasteiger partial charge is 0.304 e. The second-order valence-corrected chi connectivity index (χ2v) is 6.99. The number of rotatable bonds is 7. The van der Waals surface area contributed by atoms with Gasteiger partial charge in [0.1, 0.15) is 0 Å². The van der Waals surface area contributed by atoms with Crippen molar-refractivity contribution in [2.75, 3.05) is 5.32 Å². The number of benzene rings is 1. The van der Waals surface area contributed by atoms with Gasteiger partial charge in [-0.2, -0.15) is 0 Å². The van der Waals surface area contributed by atoms with Crippen LogP contribution in [-0.4, -0.2) is 31.4 Å². The molecule has 0 unspecified atom stereocenters. The monoisotopic (exact) mass is 328 g/mol. The van der Waals surface area contributed by atoms with Gasteiger partial charge >= 0.3 is 5.97 Å². The molecule has 0 aliphatic heterocycles. The van der Waals surface area contributed by atoms with Gasteiger partial charge < -0.3 is 10.4 Å². The predicted octanol–water partition coefficient (Wildman–Crippen LogP) is 1.42. The Morgan fingerprint density at radius 2 is 1.73 bits per heavy atom. The second-order valence-electron chi connectivity index (χ2n) is 5.28. The van der Waals surface area contributed by atoms with E-state index in [1.54, 1.807) is 13.8 Å². The lowest BCUT2D eigenvalue weighted by atomic mass is 10.0. The highest BCUT2D eigenvalue weighted by Gasteiger charge is 2.24. The van der Waals surface area contributed by atoms with E-state index < -0.39 is 22.0 Å². The highest BCUT2D eigenvalue weighted by atomic mass is 32.2. The summed E-state index contributed by atoms with van der Waals surface area (Å²) < 4.78 is 26.9. The lowest BCUT2D eigenvalue weighted by Gasteiger charge is -2.20. The first-order valence-electron chi connectivity index (χ1n) is 6.73. The maximum absolute atomic E-state index is 12.3. The van der Waals surface area contributed by atoms with Gasteiger partial charge in [-0.25, -0.2) is 13.1 Å². The molecule has 7 nitrogen and oxygen atoms in total. The van der Waals surface area contributed by atoms with Crippen molar-refractivity contribution < 1.29 is 23.1 Å². The van der Waals surface area contributed by atoms with E-state index >= 15 is 0 Å². The quantitative estimate of drug-likeness (QED) is 0.701. The van der Waals surface area contributed by atoms with Crippen molar-refractivity contribution in [3.05, 3.63) is 24.3 Å². The molecule has 0 bridgehead atoms. The van der Waals surface area contributed by atoms with E-state index in [-0.39, 0.29) is 23.1 Å². The Hall–Kier alpha value is -1.93. The van der Waals surface area contributed by atoms with Gasteiger partial charge in [-0.1, -0.05) is 13.8 Å². The first-order chi connectivity index (χ1) is 10.1. The SMILES string of the molecule is CC(=O)Nc1ccc(S(=O)(=O)N[C@H](CC(=O)O)C(C)C)cc1. The Bertz CT molecular complexity index is 638. The van der Waals surface area contributed by atoms with E-state index in [0.29, 0.717) is 5.69 Å². The average Bonchev–Trinajstić information content (AvgIpc) is 2.36. The van der Waals surface area contributed by atoms with E-state index in [2.05, 4.69) is 10.0 Å². The fraction of sp³-hybridized carbons (Fsp3) is 0.429. The molecule has 0 saturated carbocycles. The van der Waals surface area contributed by atoms with Gasteiger partial charge in [-0.05, 0) is 30.2 Å². The van der Waals surface area contributed by atoms with E-state index in [1.807, 2.05) is 0 Å². The second kappa shape index (κ2) is 7.37. The summed E-state index contributed by atoms with van der Waals surface area (Å²) in [5.74, 6) is -1.48. The van der Waals surface area contributed by atoms with Crippen LogP contribution in [0.5, 0.6) is 0 Å². The van der Waals surface area contributed by atoms with Crippen LogP contribution in [0.3, 0.4) is 0 Å². The van der Waals surface area contributed by atoms with E-state index in [9.17, 15) is 18.0 Å². The molecule has 122 valence electrons. The molecule has 3 N–H and O–H groups in total. The summed E-state index contributed by atoms with van der Waals surface area (Å²) in [4.78, 5) is 21.7. The highest BCUT2D eigenvalue weighted by Crippen LogP contribution is 2.16. The van der Waals surface area contributed by atoms with Crippen LogP contribution in [0.15, 0.2) is 29.2 Å². The lowest BCUT2D eigenvalue weighted by Crippen LogP contribution is -2.40. The van der Waals surface area contributed by atoms with Crippen LogP contribution in [0.2, 0.25) is 0 Å². The zero-order valence-electron chi connectivity index (χ0n) is 12.7. The topological polar surface area (TPSA) is 113 Å². The van der Waals surface area contributed by atoms with E-state index in [0.717, 1.165) is 0 Å². The molecule has 0 aliphatic rings. The summed E-state index contributed by atoms with van der Waals surface area (Å²) in [6.45, 7) is 4.84. The summed E-state index contributed by atoms with van der Waals surface area (Å²) in [6.07, 6.45) is -0.291. The molecule has 8 heteroatoms. The van der Waals surface area contributed by atoms with Crippen molar-refractivity contribution in [3.63, 3.8) is 0 Å². The minimum Gasteiger partial charge on any atom is -0.481 e. The van der Waals surface area contributed by atoms with Gasteiger partial charge in [-0.15, -0.1) is 0 Å². The van der Waals surface area contributed by atoms with Gasteiger partial charge in [0, 0.05) is 18.7 Å². The molecule has 0 aromatic heterocycles. The number of carbonyl (C=O) groups is 2. The minimum atomic E-state index is -3.82. The largest absolute Gasteiger partial charge is 0.481 e.